The molecule has 0 fully saturated rings. The standard InChI is InChI=1S/C26H18N2O3/c29-23(16-31-26(30)22-15-14-17-8-4-6-12-20(17)27-22)24-19-11-5-7-13-21(19)28-25(24)18-9-2-1-3-10-18/h1-15,28H,16H2. The molecule has 0 saturated heterocycles. The molecule has 0 aliphatic carbocycles. The number of ketones is 1. The van der Waals surface area contributed by atoms with Crippen molar-refractivity contribution in [1.29, 1.82) is 0 Å². The van der Waals surface area contributed by atoms with Gasteiger partial charge in [-0.05, 0) is 23.8 Å². The highest BCUT2D eigenvalue weighted by atomic mass is 16.5. The molecule has 5 rings (SSSR count). The van der Waals surface area contributed by atoms with Gasteiger partial charge in [-0.1, -0.05) is 72.8 Å². The van der Waals surface area contributed by atoms with E-state index in [0.29, 0.717) is 16.8 Å². The molecule has 0 spiro atoms. The van der Waals surface area contributed by atoms with Gasteiger partial charge in [0.15, 0.2) is 6.61 Å². The molecule has 5 heteroatoms. The van der Waals surface area contributed by atoms with Crippen molar-refractivity contribution in [1.82, 2.24) is 9.97 Å². The SMILES string of the molecule is O=C(OCC(=O)c1c(-c2ccccc2)[nH]c2ccccc12)c1ccc2ccccc2n1. The molecule has 2 aromatic heterocycles. The van der Waals surface area contributed by atoms with E-state index in [-0.39, 0.29) is 18.1 Å². The lowest BCUT2D eigenvalue weighted by atomic mass is 10.0. The number of ether oxygens (including phenoxy) is 1. The molecule has 5 nitrogen and oxygen atoms in total. The lowest BCUT2D eigenvalue weighted by Crippen LogP contribution is -2.15. The minimum absolute atomic E-state index is 0.175. The summed E-state index contributed by atoms with van der Waals surface area (Å²) in [7, 11) is 0. The van der Waals surface area contributed by atoms with Crippen molar-refractivity contribution in [3.8, 4) is 11.3 Å². The van der Waals surface area contributed by atoms with Crippen LogP contribution in [-0.2, 0) is 4.74 Å². The van der Waals surface area contributed by atoms with Crippen molar-refractivity contribution < 1.29 is 14.3 Å². The number of hydrogen-bond acceptors (Lipinski definition) is 4. The van der Waals surface area contributed by atoms with Gasteiger partial charge < -0.3 is 9.72 Å². The average molecular weight is 406 g/mol. The lowest BCUT2D eigenvalue weighted by molar-refractivity contribution is 0.0470. The Balaban J connectivity index is 1.43. The number of para-hydroxylation sites is 2. The zero-order valence-corrected chi connectivity index (χ0v) is 16.5. The monoisotopic (exact) mass is 406 g/mol. The predicted octanol–water partition coefficient (Wildman–Crippen LogP) is 5.42. The molecule has 1 N–H and O–H groups in total. The van der Waals surface area contributed by atoms with E-state index in [1.807, 2.05) is 84.9 Å². The number of esters is 1. The van der Waals surface area contributed by atoms with Crippen LogP contribution in [-0.4, -0.2) is 28.3 Å². The molecule has 0 atom stereocenters. The van der Waals surface area contributed by atoms with Gasteiger partial charge in [-0.25, -0.2) is 9.78 Å². The van der Waals surface area contributed by atoms with E-state index in [4.69, 9.17) is 4.74 Å². The summed E-state index contributed by atoms with van der Waals surface area (Å²) in [5.41, 5.74) is 3.85. The number of carbonyl (C=O) groups excluding carboxylic acids is 2. The molecule has 0 aliphatic rings. The number of pyridine rings is 1. The third kappa shape index (κ3) is 3.57. The zero-order valence-electron chi connectivity index (χ0n) is 16.5. The summed E-state index contributed by atoms with van der Waals surface area (Å²) >= 11 is 0. The summed E-state index contributed by atoms with van der Waals surface area (Å²) in [6.07, 6.45) is 0. The minimum Gasteiger partial charge on any atom is -0.453 e. The molecule has 2 heterocycles. The highest BCUT2D eigenvalue weighted by Crippen LogP contribution is 2.30. The van der Waals surface area contributed by atoms with Crippen LogP contribution in [0.4, 0.5) is 0 Å². The number of rotatable bonds is 5. The summed E-state index contributed by atoms with van der Waals surface area (Å²) in [4.78, 5) is 33.3. The van der Waals surface area contributed by atoms with Gasteiger partial charge in [0.05, 0.1) is 16.8 Å². The Morgan fingerprint density at radius 3 is 2.42 bits per heavy atom. The summed E-state index contributed by atoms with van der Waals surface area (Å²) in [5, 5.41) is 1.73. The molecule has 0 amide bonds. The van der Waals surface area contributed by atoms with Crippen LogP contribution in [0, 0.1) is 0 Å². The summed E-state index contributed by atoms with van der Waals surface area (Å²) in [5.74, 6) is -0.898. The maximum Gasteiger partial charge on any atom is 0.357 e. The van der Waals surface area contributed by atoms with Crippen molar-refractivity contribution in [3.05, 3.63) is 102 Å². The maximum atomic E-state index is 13.1. The Morgan fingerprint density at radius 1 is 0.806 bits per heavy atom. The minimum atomic E-state index is -0.625. The quantitative estimate of drug-likeness (QED) is 0.312. The molecule has 0 saturated carbocycles. The van der Waals surface area contributed by atoms with Crippen LogP contribution >= 0.6 is 0 Å². The lowest BCUT2D eigenvalue weighted by Gasteiger charge is -2.07. The number of carbonyl (C=O) groups is 2. The van der Waals surface area contributed by atoms with Crippen LogP contribution in [0.15, 0.2) is 91.0 Å². The first-order valence-electron chi connectivity index (χ1n) is 9.93. The first-order chi connectivity index (χ1) is 15.2. The average Bonchev–Trinajstić information content (AvgIpc) is 3.22. The fourth-order valence-electron chi connectivity index (χ4n) is 3.71. The van der Waals surface area contributed by atoms with Crippen molar-refractivity contribution >= 4 is 33.6 Å². The van der Waals surface area contributed by atoms with Crippen molar-refractivity contribution in [2.24, 2.45) is 0 Å². The summed E-state index contributed by atoms with van der Waals surface area (Å²) in [6, 6.07) is 28.2. The molecule has 5 aromatic rings. The first-order valence-corrected chi connectivity index (χ1v) is 9.93. The van der Waals surface area contributed by atoms with Crippen LogP contribution in [0.25, 0.3) is 33.1 Å². The number of Topliss-reactive ketones (excluding diaryl/α,β-unsaturated/α-hetero) is 1. The second-order valence-electron chi connectivity index (χ2n) is 7.18. The van der Waals surface area contributed by atoms with E-state index in [2.05, 4.69) is 9.97 Å². The second-order valence-corrected chi connectivity index (χ2v) is 7.18. The van der Waals surface area contributed by atoms with Crippen LogP contribution in [0.3, 0.4) is 0 Å². The fraction of sp³-hybridized carbons (Fsp3) is 0.0385. The van der Waals surface area contributed by atoms with Gasteiger partial charge in [-0.15, -0.1) is 0 Å². The number of hydrogen-bond donors (Lipinski definition) is 1. The smallest absolute Gasteiger partial charge is 0.357 e. The van der Waals surface area contributed by atoms with E-state index in [0.717, 1.165) is 21.9 Å². The van der Waals surface area contributed by atoms with E-state index >= 15 is 0 Å². The van der Waals surface area contributed by atoms with Gasteiger partial charge in [0, 0.05) is 16.3 Å². The van der Waals surface area contributed by atoms with Crippen molar-refractivity contribution in [2.45, 2.75) is 0 Å². The molecule has 0 aliphatic heterocycles. The number of fused-ring (bicyclic) bond motifs is 2. The maximum absolute atomic E-state index is 13.1. The van der Waals surface area contributed by atoms with E-state index < -0.39 is 5.97 Å². The van der Waals surface area contributed by atoms with Crippen molar-refractivity contribution in [3.63, 3.8) is 0 Å². The number of benzene rings is 3. The van der Waals surface area contributed by atoms with E-state index in [1.165, 1.54) is 0 Å². The predicted molar refractivity (Wildman–Crippen MR) is 120 cm³/mol. The van der Waals surface area contributed by atoms with Crippen molar-refractivity contribution in [2.75, 3.05) is 6.61 Å². The molecular weight excluding hydrogens is 388 g/mol. The Hall–Kier alpha value is -4.25. The first kappa shape index (κ1) is 18.8. The number of nitrogens with one attached hydrogen (secondary N) is 1. The fourth-order valence-corrected chi connectivity index (χ4v) is 3.71. The normalized spacial score (nSPS) is 11.0. The topological polar surface area (TPSA) is 72.1 Å². The third-order valence-electron chi connectivity index (χ3n) is 5.19. The largest absolute Gasteiger partial charge is 0.453 e. The molecule has 0 unspecified atom stereocenters. The zero-order chi connectivity index (χ0) is 21.2. The summed E-state index contributed by atoms with van der Waals surface area (Å²) < 4.78 is 5.34. The molecular formula is C26H18N2O3. The highest BCUT2D eigenvalue weighted by Gasteiger charge is 2.21. The molecule has 150 valence electrons. The number of H-pyrrole nitrogens is 1. The summed E-state index contributed by atoms with van der Waals surface area (Å²) in [6.45, 7) is -0.366. The van der Waals surface area contributed by atoms with Gasteiger partial charge in [-0.2, -0.15) is 0 Å². The third-order valence-corrected chi connectivity index (χ3v) is 5.19. The Bertz CT molecular complexity index is 1420. The van der Waals surface area contributed by atoms with Gasteiger partial charge in [-0.3, -0.25) is 4.79 Å². The molecule has 0 radical (unpaired) electrons. The Morgan fingerprint density at radius 2 is 1.55 bits per heavy atom. The Kier molecular flexibility index (Phi) is 4.77. The molecule has 31 heavy (non-hydrogen) atoms. The van der Waals surface area contributed by atoms with E-state index in [1.54, 1.807) is 6.07 Å². The van der Waals surface area contributed by atoms with Gasteiger partial charge in [0.2, 0.25) is 5.78 Å². The van der Waals surface area contributed by atoms with E-state index in [9.17, 15) is 9.59 Å². The highest BCUT2D eigenvalue weighted by molar-refractivity contribution is 6.14. The van der Waals surface area contributed by atoms with Gasteiger partial charge in [0.25, 0.3) is 0 Å². The molecule has 3 aromatic carbocycles. The van der Waals surface area contributed by atoms with Crippen LogP contribution in [0.5, 0.6) is 0 Å². The second kappa shape index (κ2) is 7.88. The van der Waals surface area contributed by atoms with Crippen LogP contribution < -0.4 is 0 Å². The van der Waals surface area contributed by atoms with Gasteiger partial charge >= 0.3 is 5.97 Å². The van der Waals surface area contributed by atoms with Crippen LogP contribution in [0.2, 0.25) is 0 Å². The Labute approximate surface area is 178 Å². The number of nitrogens with zero attached hydrogens (tertiary/aromatic N) is 1. The van der Waals surface area contributed by atoms with Crippen LogP contribution in [0.1, 0.15) is 20.8 Å². The number of aromatic nitrogens is 2. The number of aromatic amines is 1. The molecule has 0 bridgehead atoms. The van der Waals surface area contributed by atoms with Gasteiger partial charge in [0.1, 0.15) is 5.69 Å².